The van der Waals surface area contributed by atoms with Gasteiger partial charge in [-0.05, 0) is 31.3 Å². The minimum absolute atomic E-state index is 0.434. The lowest BCUT2D eigenvalue weighted by Gasteiger charge is -2.30. The zero-order chi connectivity index (χ0) is 8.74. The first-order chi connectivity index (χ1) is 5.24. The predicted molar refractivity (Wildman–Crippen MR) is 50.4 cm³/mol. The van der Waals surface area contributed by atoms with Gasteiger partial charge in [0.25, 0.3) is 0 Å². The number of hydrogen-bond donors (Lipinski definition) is 2. The van der Waals surface area contributed by atoms with Crippen molar-refractivity contribution in [3.63, 3.8) is 0 Å². The van der Waals surface area contributed by atoms with Gasteiger partial charge in [-0.25, -0.2) is 0 Å². The fourth-order valence-electron chi connectivity index (χ4n) is 1.69. The van der Waals surface area contributed by atoms with Crippen molar-refractivity contribution < 1.29 is 0 Å². The van der Waals surface area contributed by atoms with E-state index in [2.05, 4.69) is 13.8 Å². The molecule has 0 atom stereocenters. The highest BCUT2D eigenvalue weighted by Gasteiger charge is 2.23. The zero-order valence-electron chi connectivity index (χ0n) is 7.90. The van der Waals surface area contributed by atoms with E-state index in [1.54, 1.807) is 0 Å². The van der Waals surface area contributed by atoms with Crippen LogP contribution in [0.1, 0.15) is 39.5 Å². The standard InChI is InChI=1S/C9H22N2/c1-3-9(4-2,5-7-10)6-8-11/h3-8,10-11H2,1-2H3. The van der Waals surface area contributed by atoms with E-state index in [0.717, 1.165) is 25.9 Å². The van der Waals surface area contributed by atoms with Crippen molar-refractivity contribution in [2.75, 3.05) is 13.1 Å². The average molecular weight is 158 g/mol. The van der Waals surface area contributed by atoms with Crippen LogP contribution in [0.2, 0.25) is 0 Å². The molecule has 11 heavy (non-hydrogen) atoms. The molecule has 0 heterocycles. The third-order valence-corrected chi connectivity index (χ3v) is 2.85. The molecule has 0 aromatic heterocycles. The topological polar surface area (TPSA) is 52.0 Å². The number of nitrogens with two attached hydrogens (primary N) is 2. The van der Waals surface area contributed by atoms with Gasteiger partial charge in [-0.3, -0.25) is 0 Å². The molecule has 0 radical (unpaired) electrons. The Bertz CT molecular complexity index is 79.6. The highest BCUT2D eigenvalue weighted by molar-refractivity contribution is 4.76. The minimum atomic E-state index is 0.434. The van der Waals surface area contributed by atoms with Crippen LogP contribution in [0.15, 0.2) is 0 Å². The lowest BCUT2D eigenvalue weighted by atomic mass is 9.76. The summed E-state index contributed by atoms with van der Waals surface area (Å²) in [5.41, 5.74) is 11.5. The van der Waals surface area contributed by atoms with E-state index in [0.29, 0.717) is 5.41 Å². The molecule has 0 fully saturated rings. The molecule has 0 aliphatic carbocycles. The Labute approximate surface area is 70.3 Å². The summed E-state index contributed by atoms with van der Waals surface area (Å²) in [4.78, 5) is 0. The van der Waals surface area contributed by atoms with Crippen LogP contribution in [0.5, 0.6) is 0 Å². The maximum Gasteiger partial charge on any atom is -0.00720 e. The van der Waals surface area contributed by atoms with Gasteiger partial charge < -0.3 is 11.5 Å². The van der Waals surface area contributed by atoms with Gasteiger partial charge >= 0.3 is 0 Å². The normalized spacial score (nSPS) is 12.0. The molecule has 0 aliphatic heterocycles. The van der Waals surface area contributed by atoms with Crippen LogP contribution in [0.4, 0.5) is 0 Å². The van der Waals surface area contributed by atoms with Crippen molar-refractivity contribution in [2.24, 2.45) is 16.9 Å². The molecule has 0 aliphatic rings. The van der Waals surface area contributed by atoms with Crippen molar-refractivity contribution in [1.82, 2.24) is 0 Å². The molecule has 0 aromatic rings. The van der Waals surface area contributed by atoms with E-state index in [1.165, 1.54) is 12.8 Å². The molecule has 0 amide bonds. The lowest BCUT2D eigenvalue weighted by Crippen LogP contribution is -2.26. The maximum atomic E-state index is 5.56. The molecular formula is C9H22N2. The summed E-state index contributed by atoms with van der Waals surface area (Å²) in [5, 5.41) is 0. The summed E-state index contributed by atoms with van der Waals surface area (Å²) in [6.07, 6.45) is 4.66. The summed E-state index contributed by atoms with van der Waals surface area (Å²) in [5.74, 6) is 0. The highest BCUT2D eigenvalue weighted by Crippen LogP contribution is 2.33. The van der Waals surface area contributed by atoms with Crippen LogP contribution >= 0.6 is 0 Å². The zero-order valence-corrected chi connectivity index (χ0v) is 7.90. The SMILES string of the molecule is CCC(CC)(CCN)CCN. The molecule has 2 nitrogen and oxygen atoms in total. The molecule has 0 aromatic carbocycles. The second kappa shape index (κ2) is 5.56. The van der Waals surface area contributed by atoms with E-state index in [4.69, 9.17) is 11.5 Å². The van der Waals surface area contributed by atoms with Gasteiger partial charge in [-0.1, -0.05) is 26.7 Å². The second-order valence-corrected chi connectivity index (χ2v) is 3.28. The lowest BCUT2D eigenvalue weighted by molar-refractivity contribution is 0.227. The molecule has 68 valence electrons. The molecule has 0 saturated heterocycles. The Morgan fingerprint density at radius 3 is 1.45 bits per heavy atom. The van der Waals surface area contributed by atoms with E-state index < -0.39 is 0 Å². The van der Waals surface area contributed by atoms with Crippen molar-refractivity contribution in [3.05, 3.63) is 0 Å². The minimum Gasteiger partial charge on any atom is -0.330 e. The average Bonchev–Trinajstić information content (AvgIpc) is 2.04. The Morgan fingerprint density at radius 1 is 0.909 bits per heavy atom. The molecule has 0 unspecified atom stereocenters. The van der Waals surface area contributed by atoms with Crippen LogP contribution in [-0.2, 0) is 0 Å². The van der Waals surface area contributed by atoms with Crippen molar-refractivity contribution in [2.45, 2.75) is 39.5 Å². The molecule has 4 N–H and O–H groups in total. The highest BCUT2D eigenvalue weighted by atomic mass is 14.6. The summed E-state index contributed by atoms with van der Waals surface area (Å²) in [6, 6.07) is 0. The monoisotopic (exact) mass is 158 g/mol. The van der Waals surface area contributed by atoms with Crippen molar-refractivity contribution in [3.8, 4) is 0 Å². The van der Waals surface area contributed by atoms with Crippen LogP contribution < -0.4 is 11.5 Å². The largest absolute Gasteiger partial charge is 0.330 e. The van der Waals surface area contributed by atoms with Crippen LogP contribution in [0.25, 0.3) is 0 Å². The Hall–Kier alpha value is -0.0800. The van der Waals surface area contributed by atoms with Crippen molar-refractivity contribution in [1.29, 1.82) is 0 Å². The summed E-state index contributed by atoms with van der Waals surface area (Å²) in [7, 11) is 0. The van der Waals surface area contributed by atoms with Gasteiger partial charge in [0.1, 0.15) is 0 Å². The molecule has 0 bridgehead atoms. The van der Waals surface area contributed by atoms with E-state index in [-0.39, 0.29) is 0 Å². The van der Waals surface area contributed by atoms with Gasteiger partial charge in [-0.15, -0.1) is 0 Å². The summed E-state index contributed by atoms with van der Waals surface area (Å²) < 4.78 is 0. The van der Waals surface area contributed by atoms with Gasteiger partial charge in [0.15, 0.2) is 0 Å². The smallest absolute Gasteiger partial charge is 0.00720 e. The van der Waals surface area contributed by atoms with E-state index in [9.17, 15) is 0 Å². The Balaban J connectivity index is 3.96. The third-order valence-electron chi connectivity index (χ3n) is 2.85. The van der Waals surface area contributed by atoms with Gasteiger partial charge in [0.05, 0.1) is 0 Å². The summed E-state index contributed by atoms with van der Waals surface area (Å²) in [6.45, 7) is 6.05. The number of rotatable bonds is 6. The predicted octanol–water partition coefficient (Wildman–Crippen LogP) is 1.49. The van der Waals surface area contributed by atoms with Crippen LogP contribution in [-0.4, -0.2) is 13.1 Å². The maximum absolute atomic E-state index is 5.56. The fourth-order valence-corrected chi connectivity index (χ4v) is 1.69. The van der Waals surface area contributed by atoms with Crippen LogP contribution in [0.3, 0.4) is 0 Å². The van der Waals surface area contributed by atoms with Crippen molar-refractivity contribution >= 4 is 0 Å². The quantitative estimate of drug-likeness (QED) is 0.615. The van der Waals surface area contributed by atoms with Gasteiger partial charge in [-0.2, -0.15) is 0 Å². The van der Waals surface area contributed by atoms with Crippen LogP contribution in [0, 0.1) is 5.41 Å². The van der Waals surface area contributed by atoms with E-state index >= 15 is 0 Å². The fraction of sp³-hybridized carbons (Fsp3) is 1.00. The number of hydrogen-bond acceptors (Lipinski definition) is 2. The Kier molecular flexibility index (Phi) is 5.51. The van der Waals surface area contributed by atoms with E-state index in [1.807, 2.05) is 0 Å². The Morgan fingerprint density at radius 2 is 1.27 bits per heavy atom. The third kappa shape index (κ3) is 3.21. The molecule has 0 spiro atoms. The molecule has 2 heteroatoms. The summed E-state index contributed by atoms with van der Waals surface area (Å²) >= 11 is 0. The van der Waals surface area contributed by atoms with Gasteiger partial charge in [0.2, 0.25) is 0 Å². The molecule has 0 saturated carbocycles. The first kappa shape index (κ1) is 10.9. The first-order valence-electron chi connectivity index (χ1n) is 4.64. The second-order valence-electron chi connectivity index (χ2n) is 3.28. The molecular weight excluding hydrogens is 136 g/mol. The van der Waals surface area contributed by atoms with Gasteiger partial charge in [0, 0.05) is 0 Å². The first-order valence-corrected chi connectivity index (χ1v) is 4.64. The molecule has 0 rings (SSSR count).